The van der Waals surface area contributed by atoms with E-state index in [0.717, 1.165) is 4.31 Å². The van der Waals surface area contributed by atoms with Gasteiger partial charge in [-0.25, -0.2) is 0 Å². The van der Waals surface area contributed by atoms with Crippen LogP contribution in [0.1, 0.15) is 26.2 Å². The second-order valence-corrected chi connectivity index (χ2v) is 8.83. The average Bonchev–Trinajstić information content (AvgIpc) is 2.85. The molecule has 24 heavy (non-hydrogen) atoms. The molecule has 2 rings (SSSR count). The van der Waals surface area contributed by atoms with Crippen molar-refractivity contribution in [1.29, 1.82) is 0 Å². The summed E-state index contributed by atoms with van der Waals surface area (Å²) in [6.45, 7) is 1.36. The Morgan fingerprint density at radius 1 is 1.42 bits per heavy atom. The molecule has 12 heteroatoms. The van der Waals surface area contributed by atoms with E-state index in [2.05, 4.69) is 4.72 Å². The maximum absolute atomic E-state index is 12.4. The number of carboxylic acid groups (broad SMARTS) is 1. The number of nitrogens with one attached hydrogen (secondary N) is 1. The molecule has 2 aliphatic rings. The first-order valence-electron chi connectivity index (χ1n) is 7.83. The smallest absolute Gasteiger partial charge is 0.451 e. The van der Waals surface area contributed by atoms with Crippen molar-refractivity contribution in [3.8, 4) is 0 Å². The van der Waals surface area contributed by atoms with E-state index in [1.54, 1.807) is 6.92 Å². The van der Waals surface area contributed by atoms with E-state index in [1.807, 2.05) is 0 Å². The second kappa shape index (κ2) is 6.52. The van der Waals surface area contributed by atoms with Crippen LogP contribution in [0.25, 0.3) is 0 Å². The molecule has 0 amide bonds. The molecule has 0 aromatic heterocycles. The number of hydrogen-bond acceptors (Lipinski definition) is 7. The first-order chi connectivity index (χ1) is 10.9. The second-order valence-electron chi connectivity index (χ2n) is 7.13. The number of carbonyl (C=O) groups is 1. The zero-order chi connectivity index (χ0) is 18.3. The Kier molecular flexibility index (Phi) is 5.32. The van der Waals surface area contributed by atoms with Gasteiger partial charge in [-0.2, -0.15) is 17.4 Å². The summed E-state index contributed by atoms with van der Waals surface area (Å²) in [6, 6.07) is -0.372. The molecule has 1 saturated carbocycles. The predicted molar refractivity (Wildman–Crippen MR) is 86.9 cm³/mol. The van der Waals surface area contributed by atoms with Crippen molar-refractivity contribution in [2.24, 2.45) is 17.4 Å². The third-order valence-corrected chi connectivity index (χ3v) is 6.45. The highest BCUT2D eigenvalue weighted by atomic mass is 32.2. The minimum absolute atomic E-state index is 0.0341. The molecule has 8 N–H and O–H groups in total. The molecule has 1 aliphatic carbocycles. The molecule has 10 nitrogen and oxygen atoms in total. The van der Waals surface area contributed by atoms with Gasteiger partial charge in [0.1, 0.15) is 5.54 Å². The molecule has 0 aromatic carbocycles. The Balaban J connectivity index is 2.06. The number of rotatable bonds is 8. The third kappa shape index (κ3) is 4.07. The van der Waals surface area contributed by atoms with Gasteiger partial charge in [0.05, 0.1) is 0 Å². The zero-order valence-electron chi connectivity index (χ0n) is 13.6. The summed E-state index contributed by atoms with van der Waals surface area (Å²) in [5.74, 6) is -1.89. The van der Waals surface area contributed by atoms with Crippen LogP contribution < -0.4 is 16.2 Å². The summed E-state index contributed by atoms with van der Waals surface area (Å²) in [5, 5.41) is 27.2. The normalized spacial score (nSPS) is 36.7. The Morgan fingerprint density at radius 2 is 2.00 bits per heavy atom. The molecule has 1 aliphatic heterocycles. The van der Waals surface area contributed by atoms with Crippen LogP contribution in [0.15, 0.2) is 0 Å². The maximum Gasteiger partial charge on any atom is 0.451 e. The quantitative estimate of drug-likeness (QED) is 0.251. The lowest BCUT2D eigenvalue weighted by molar-refractivity contribution is -0.144. The summed E-state index contributed by atoms with van der Waals surface area (Å²) < 4.78 is 28.4. The van der Waals surface area contributed by atoms with Gasteiger partial charge in [-0.1, -0.05) is 6.42 Å². The van der Waals surface area contributed by atoms with Crippen molar-refractivity contribution in [3.63, 3.8) is 0 Å². The first kappa shape index (κ1) is 19.6. The molecule has 0 bridgehead atoms. The molecule has 4 atom stereocenters. The molecule has 1 saturated heterocycles. The van der Waals surface area contributed by atoms with Gasteiger partial charge < -0.3 is 26.6 Å². The topological polar surface area (TPSA) is 179 Å². The number of carboxylic acids is 1. The number of nitrogens with two attached hydrogens (primary N) is 2. The van der Waals surface area contributed by atoms with Gasteiger partial charge in [0, 0.05) is 30.6 Å². The lowest BCUT2D eigenvalue weighted by Crippen LogP contribution is -2.55. The first-order valence-corrected chi connectivity index (χ1v) is 9.27. The monoisotopic (exact) mass is 364 g/mol. The Labute approximate surface area is 141 Å². The minimum Gasteiger partial charge on any atom is -0.480 e. The fraction of sp³-hybridized carbons (Fsp3) is 0.917. The SMILES string of the molecule is C[C@]1(N)C[C@@H]1NS(=O)(=O)N1C[C@H](CCCB(O)O)[C@](N)(C(=O)O)C1. The van der Waals surface area contributed by atoms with Crippen LogP contribution in [0.5, 0.6) is 0 Å². The molecule has 2 fully saturated rings. The fourth-order valence-corrected chi connectivity index (χ4v) is 4.65. The number of hydrogen-bond donors (Lipinski definition) is 6. The summed E-state index contributed by atoms with van der Waals surface area (Å²) in [6.07, 6.45) is 1.21. The van der Waals surface area contributed by atoms with Crippen molar-refractivity contribution < 1.29 is 28.4 Å². The van der Waals surface area contributed by atoms with Crippen LogP contribution in [0.2, 0.25) is 6.32 Å². The third-order valence-electron chi connectivity index (χ3n) is 4.91. The lowest BCUT2D eigenvalue weighted by Gasteiger charge is -2.25. The van der Waals surface area contributed by atoms with E-state index in [9.17, 15) is 18.3 Å². The highest BCUT2D eigenvalue weighted by Crippen LogP contribution is 2.35. The van der Waals surface area contributed by atoms with E-state index >= 15 is 0 Å². The zero-order valence-corrected chi connectivity index (χ0v) is 14.4. The highest BCUT2D eigenvalue weighted by molar-refractivity contribution is 7.87. The van der Waals surface area contributed by atoms with Crippen LogP contribution in [0.3, 0.4) is 0 Å². The van der Waals surface area contributed by atoms with Gasteiger partial charge in [-0.05, 0) is 26.1 Å². The van der Waals surface area contributed by atoms with Crippen LogP contribution in [0, 0.1) is 5.92 Å². The van der Waals surface area contributed by atoms with E-state index in [1.165, 1.54) is 0 Å². The molecule has 0 spiro atoms. The summed E-state index contributed by atoms with van der Waals surface area (Å²) in [4.78, 5) is 11.6. The van der Waals surface area contributed by atoms with Crippen molar-refractivity contribution in [3.05, 3.63) is 0 Å². The molecule has 0 radical (unpaired) electrons. The molecular weight excluding hydrogens is 339 g/mol. The van der Waals surface area contributed by atoms with Crippen molar-refractivity contribution >= 4 is 23.3 Å². The van der Waals surface area contributed by atoms with Gasteiger partial charge >= 0.3 is 13.1 Å². The Bertz CT molecular complexity index is 600. The molecule has 1 heterocycles. The van der Waals surface area contributed by atoms with Gasteiger partial charge in [-0.15, -0.1) is 0 Å². The molecular formula is C12H25BN4O6S. The van der Waals surface area contributed by atoms with E-state index < -0.39 is 40.3 Å². The van der Waals surface area contributed by atoms with E-state index in [0.29, 0.717) is 12.8 Å². The predicted octanol–water partition coefficient (Wildman–Crippen LogP) is -2.72. The largest absolute Gasteiger partial charge is 0.480 e. The average molecular weight is 364 g/mol. The standard InChI is InChI=1S/C12H25BN4O6S/c1-11(14)5-9(11)16-24(22,23)17-6-8(3-2-4-13(20)21)12(15,7-17)10(18)19/h8-9,16,20-21H,2-7,14-15H2,1H3,(H,18,19)/t8-,9-,11-,12-/m0/s1. The molecule has 0 aromatic rings. The summed E-state index contributed by atoms with van der Waals surface area (Å²) in [7, 11) is -5.37. The van der Waals surface area contributed by atoms with Crippen molar-refractivity contribution in [1.82, 2.24) is 9.03 Å². The molecule has 0 unspecified atom stereocenters. The highest BCUT2D eigenvalue weighted by Gasteiger charge is 2.55. The lowest BCUT2D eigenvalue weighted by atomic mass is 9.78. The van der Waals surface area contributed by atoms with Crippen molar-refractivity contribution in [2.75, 3.05) is 13.1 Å². The summed E-state index contributed by atoms with van der Waals surface area (Å²) in [5.41, 5.74) is 9.50. The minimum atomic E-state index is -3.89. The van der Waals surface area contributed by atoms with Crippen LogP contribution in [-0.2, 0) is 15.0 Å². The maximum atomic E-state index is 12.4. The van der Waals surface area contributed by atoms with Crippen molar-refractivity contribution in [2.45, 2.75) is 49.6 Å². The van der Waals surface area contributed by atoms with Gasteiger partial charge in [0.2, 0.25) is 0 Å². The van der Waals surface area contributed by atoms with E-state index in [4.69, 9.17) is 21.5 Å². The summed E-state index contributed by atoms with van der Waals surface area (Å²) >= 11 is 0. The van der Waals surface area contributed by atoms with Crippen LogP contribution in [0.4, 0.5) is 0 Å². The molecule has 138 valence electrons. The van der Waals surface area contributed by atoms with Gasteiger partial charge in [0.15, 0.2) is 0 Å². The van der Waals surface area contributed by atoms with Crippen LogP contribution >= 0.6 is 0 Å². The van der Waals surface area contributed by atoms with Gasteiger partial charge in [-0.3, -0.25) is 4.79 Å². The Morgan fingerprint density at radius 3 is 2.46 bits per heavy atom. The van der Waals surface area contributed by atoms with E-state index in [-0.39, 0.29) is 31.9 Å². The number of aliphatic carboxylic acids is 1. The Hall–Kier alpha value is -0.755. The van der Waals surface area contributed by atoms with Crippen LogP contribution in [-0.4, -0.2) is 71.2 Å². The number of nitrogens with zero attached hydrogens (tertiary/aromatic N) is 1. The fourth-order valence-electron chi connectivity index (χ4n) is 3.03. The van der Waals surface area contributed by atoms with Gasteiger partial charge in [0.25, 0.3) is 10.2 Å².